The van der Waals surface area contributed by atoms with Gasteiger partial charge in [0.25, 0.3) is 11.5 Å². The van der Waals surface area contributed by atoms with E-state index in [0.717, 1.165) is 8.14 Å². The Morgan fingerprint density at radius 3 is 2.45 bits per heavy atom. The van der Waals surface area contributed by atoms with E-state index in [2.05, 4.69) is 27.9 Å². The molecule has 20 heavy (non-hydrogen) atoms. The summed E-state index contributed by atoms with van der Waals surface area (Å²) in [5.74, 6) is -1.47. The Bertz CT molecular complexity index is 777. The van der Waals surface area contributed by atoms with Gasteiger partial charge in [0.1, 0.15) is 0 Å². The lowest BCUT2D eigenvalue weighted by molar-refractivity contribution is 0.0957. The van der Waals surface area contributed by atoms with Gasteiger partial charge in [0.05, 0.1) is 5.69 Å². The summed E-state index contributed by atoms with van der Waals surface area (Å²) in [6.45, 7) is 0. The lowest BCUT2D eigenvalue weighted by Crippen LogP contribution is -2.35. The molecule has 0 spiro atoms. The van der Waals surface area contributed by atoms with Crippen molar-refractivity contribution in [2.45, 2.75) is 0 Å². The Morgan fingerprint density at radius 1 is 1.30 bits per heavy atom. The number of halogens is 1. The van der Waals surface area contributed by atoms with Crippen LogP contribution in [-0.4, -0.2) is 27.6 Å². The van der Waals surface area contributed by atoms with Crippen molar-refractivity contribution in [1.82, 2.24) is 14.9 Å². The second-order valence-corrected chi connectivity index (χ2v) is 5.09. The van der Waals surface area contributed by atoms with E-state index in [0.29, 0.717) is 5.69 Å². The molecule has 0 aliphatic rings. The number of hydrogen-bond acceptors (Lipinski definition) is 4. The molecule has 0 aliphatic carbocycles. The Morgan fingerprint density at radius 2 is 1.90 bits per heavy atom. The van der Waals surface area contributed by atoms with Crippen LogP contribution in [0.3, 0.4) is 0 Å². The standard InChI is InChI=1S/C12H10IN3O4/c1-14-9(17)8-10(18)15-12(20)16(11(8)19)7-4-2-6(13)3-5-7/h2-5,19H,1H3,(H,14,17)(H,15,18,20). The van der Waals surface area contributed by atoms with Gasteiger partial charge in [-0.05, 0) is 46.9 Å². The topological polar surface area (TPSA) is 104 Å². The summed E-state index contributed by atoms with van der Waals surface area (Å²) < 4.78 is 1.80. The van der Waals surface area contributed by atoms with Gasteiger partial charge in [-0.1, -0.05) is 0 Å². The number of H-pyrrole nitrogens is 1. The number of carbonyl (C=O) groups excluding carboxylic acids is 1. The van der Waals surface area contributed by atoms with E-state index in [9.17, 15) is 19.5 Å². The lowest BCUT2D eigenvalue weighted by Gasteiger charge is -2.10. The van der Waals surface area contributed by atoms with Gasteiger partial charge in [0.2, 0.25) is 5.88 Å². The predicted molar refractivity (Wildman–Crippen MR) is 80.4 cm³/mol. The quantitative estimate of drug-likeness (QED) is 0.641. The molecule has 0 aliphatic heterocycles. The van der Waals surface area contributed by atoms with E-state index < -0.39 is 28.6 Å². The maximum Gasteiger partial charge on any atom is 0.335 e. The number of carbonyl (C=O) groups is 1. The highest BCUT2D eigenvalue weighted by molar-refractivity contribution is 14.1. The fourth-order valence-electron chi connectivity index (χ4n) is 1.68. The molecule has 1 aromatic heterocycles. The first-order valence-corrected chi connectivity index (χ1v) is 6.60. The summed E-state index contributed by atoms with van der Waals surface area (Å²) in [6, 6.07) is 6.64. The normalized spacial score (nSPS) is 10.3. The molecular formula is C12H10IN3O4. The van der Waals surface area contributed by atoms with Gasteiger partial charge in [-0.25, -0.2) is 9.36 Å². The molecule has 0 unspecified atom stereocenters. The molecule has 0 radical (unpaired) electrons. The first-order valence-electron chi connectivity index (χ1n) is 5.52. The van der Waals surface area contributed by atoms with Gasteiger partial charge in [-0.15, -0.1) is 0 Å². The van der Waals surface area contributed by atoms with Gasteiger partial charge < -0.3 is 10.4 Å². The molecule has 1 heterocycles. The van der Waals surface area contributed by atoms with Crippen molar-refractivity contribution in [3.05, 3.63) is 54.2 Å². The minimum absolute atomic E-state index is 0.342. The summed E-state index contributed by atoms with van der Waals surface area (Å²) in [5, 5.41) is 12.3. The summed E-state index contributed by atoms with van der Waals surface area (Å²) in [4.78, 5) is 37.0. The van der Waals surface area contributed by atoms with Crippen molar-refractivity contribution in [2.75, 3.05) is 7.05 Å². The average Bonchev–Trinajstić information content (AvgIpc) is 2.40. The molecule has 0 fully saturated rings. The fourth-order valence-corrected chi connectivity index (χ4v) is 2.04. The Hall–Kier alpha value is -2.10. The third-order valence-corrected chi connectivity index (χ3v) is 3.34. The molecular weight excluding hydrogens is 377 g/mol. The van der Waals surface area contributed by atoms with Crippen LogP contribution in [0, 0.1) is 3.57 Å². The smallest absolute Gasteiger partial charge is 0.335 e. The number of rotatable bonds is 2. The molecule has 7 nitrogen and oxygen atoms in total. The molecule has 3 N–H and O–H groups in total. The monoisotopic (exact) mass is 387 g/mol. The van der Waals surface area contributed by atoms with E-state index in [-0.39, 0.29) is 0 Å². The first-order chi connectivity index (χ1) is 9.45. The zero-order chi connectivity index (χ0) is 14.9. The molecule has 2 aromatic rings. The minimum atomic E-state index is -0.936. The van der Waals surface area contributed by atoms with Gasteiger partial charge >= 0.3 is 5.69 Å². The van der Waals surface area contributed by atoms with Crippen molar-refractivity contribution in [1.29, 1.82) is 0 Å². The van der Waals surface area contributed by atoms with E-state index in [1.807, 2.05) is 4.98 Å². The molecule has 2 rings (SSSR count). The number of nitrogens with zero attached hydrogens (tertiary/aromatic N) is 1. The third-order valence-electron chi connectivity index (χ3n) is 2.62. The van der Waals surface area contributed by atoms with Crippen LogP contribution in [0.25, 0.3) is 5.69 Å². The van der Waals surface area contributed by atoms with Crippen LogP contribution in [0.15, 0.2) is 33.9 Å². The van der Waals surface area contributed by atoms with Gasteiger partial charge in [-0.3, -0.25) is 14.6 Å². The van der Waals surface area contributed by atoms with Crippen molar-refractivity contribution < 1.29 is 9.90 Å². The number of benzene rings is 1. The highest BCUT2D eigenvalue weighted by Crippen LogP contribution is 2.17. The summed E-state index contributed by atoms with van der Waals surface area (Å²) in [5.41, 5.74) is -1.92. The highest BCUT2D eigenvalue weighted by Gasteiger charge is 2.20. The van der Waals surface area contributed by atoms with E-state index in [1.54, 1.807) is 24.3 Å². The molecule has 0 atom stereocenters. The van der Waals surface area contributed by atoms with Crippen molar-refractivity contribution in [3.63, 3.8) is 0 Å². The van der Waals surface area contributed by atoms with Crippen molar-refractivity contribution >= 4 is 28.5 Å². The maximum absolute atomic E-state index is 11.8. The van der Waals surface area contributed by atoms with E-state index in [1.165, 1.54) is 7.05 Å². The number of amides is 1. The molecule has 1 amide bonds. The Balaban J connectivity index is 2.77. The van der Waals surface area contributed by atoms with Crippen LogP contribution in [0.2, 0.25) is 0 Å². The van der Waals surface area contributed by atoms with Crippen LogP contribution < -0.4 is 16.6 Å². The molecule has 104 valence electrons. The highest BCUT2D eigenvalue weighted by atomic mass is 127. The number of nitrogens with one attached hydrogen (secondary N) is 2. The molecule has 8 heteroatoms. The summed E-state index contributed by atoms with van der Waals surface area (Å²) in [6.07, 6.45) is 0. The van der Waals surface area contributed by atoms with Crippen molar-refractivity contribution in [3.8, 4) is 11.6 Å². The molecule has 1 aromatic carbocycles. The van der Waals surface area contributed by atoms with Crippen LogP contribution in [0.4, 0.5) is 0 Å². The SMILES string of the molecule is CNC(=O)c1c(O)n(-c2ccc(I)cc2)c(=O)[nH]c1=O. The van der Waals surface area contributed by atoms with Gasteiger partial charge in [-0.2, -0.15) is 0 Å². The molecule has 0 saturated heterocycles. The second-order valence-electron chi connectivity index (χ2n) is 3.85. The number of aromatic nitrogens is 2. The summed E-state index contributed by atoms with van der Waals surface area (Å²) in [7, 11) is 1.32. The third kappa shape index (κ3) is 2.46. The van der Waals surface area contributed by atoms with Crippen LogP contribution >= 0.6 is 22.6 Å². The fraction of sp³-hybridized carbons (Fsp3) is 0.0833. The number of aromatic hydroxyl groups is 1. The zero-order valence-electron chi connectivity index (χ0n) is 10.3. The average molecular weight is 387 g/mol. The van der Waals surface area contributed by atoms with Crippen molar-refractivity contribution in [2.24, 2.45) is 0 Å². The van der Waals surface area contributed by atoms with Crippen LogP contribution in [0.5, 0.6) is 5.88 Å². The molecule has 0 saturated carbocycles. The molecule has 0 bridgehead atoms. The predicted octanol–water partition coefficient (Wildman–Crippen LogP) is 0.196. The number of hydrogen-bond donors (Lipinski definition) is 3. The van der Waals surface area contributed by atoms with E-state index in [4.69, 9.17) is 0 Å². The first kappa shape index (κ1) is 14.3. The lowest BCUT2D eigenvalue weighted by atomic mass is 10.2. The van der Waals surface area contributed by atoms with Gasteiger partial charge in [0.15, 0.2) is 5.56 Å². The second kappa shape index (κ2) is 5.49. The summed E-state index contributed by atoms with van der Waals surface area (Å²) >= 11 is 2.09. The van der Waals surface area contributed by atoms with Gasteiger partial charge in [0, 0.05) is 10.6 Å². The zero-order valence-corrected chi connectivity index (χ0v) is 12.5. The largest absolute Gasteiger partial charge is 0.493 e. The maximum atomic E-state index is 11.8. The van der Waals surface area contributed by atoms with E-state index >= 15 is 0 Å². The number of aromatic amines is 1. The van der Waals surface area contributed by atoms with Crippen LogP contribution in [-0.2, 0) is 0 Å². The Kier molecular flexibility index (Phi) is 3.93. The Labute approximate surface area is 126 Å². The minimum Gasteiger partial charge on any atom is -0.493 e. The van der Waals surface area contributed by atoms with Crippen LogP contribution in [0.1, 0.15) is 10.4 Å².